The Hall–Kier alpha value is -2.37. The van der Waals surface area contributed by atoms with Crippen molar-refractivity contribution < 1.29 is 14.4 Å². The van der Waals surface area contributed by atoms with Crippen molar-refractivity contribution in [2.45, 2.75) is 57.9 Å². The van der Waals surface area contributed by atoms with Crippen molar-refractivity contribution in [3.63, 3.8) is 0 Å². The van der Waals surface area contributed by atoms with E-state index in [2.05, 4.69) is 11.4 Å². The van der Waals surface area contributed by atoms with E-state index in [0.717, 1.165) is 44.2 Å². The number of nitrogens with zero attached hydrogens (tertiary/aromatic N) is 2. The van der Waals surface area contributed by atoms with Crippen molar-refractivity contribution in [3.8, 4) is 0 Å². The molecule has 3 amide bonds. The number of fused-ring (bicyclic) bond motifs is 1. The van der Waals surface area contributed by atoms with Crippen molar-refractivity contribution >= 4 is 17.7 Å². The molecule has 152 valence electrons. The van der Waals surface area contributed by atoms with Crippen LogP contribution in [0.15, 0.2) is 24.3 Å². The van der Waals surface area contributed by atoms with Crippen LogP contribution in [0.2, 0.25) is 0 Å². The van der Waals surface area contributed by atoms with E-state index in [9.17, 15) is 14.4 Å². The van der Waals surface area contributed by atoms with Gasteiger partial charge in [-0.3, -0.25) is 14.4 Å². The Morgan fingerprint density at radius 3 is 2.75 bits per heavy atom. The molecule has 2 heterocycles. The predicted molar refractivity (Wildman–Crippen MR) is 108 cm³/mol. The van der Waals surface area contributed by atoms with Crippen molar-refractivity contribution in [3.05, 3.63) is 35.4 Å². The highest BCUT2D eigenvalue weighted by atomic mass is 16.2. The van der Waals surface area contributed by atoms with Crippen LogP contribution in [-0.4, -0.2) is 53.7 Å². The van der Waals surface area contributed by atoms with Gasteiger partial charge in [-0.15, -0.1) is 0 Å². The molecule has 3 rings (SSSR count). The van der Waals surface area contributed by atoms with Crippen LogP contribution < -0.4 is 5.32 Å². The molecule has 0 spiro atoms. The van der Waals surface area contributed by atoms with Gasteiger partial charge < -0.3 is 15.1 Å². The third-order valence-electron chi connectivity index (χ3n) is 5.79. The molecule has 1 fully saturated rings. The highest BCUT2D eigenvalue weighted by molar-refractivity contribution is 5.79. The second-order valence-electron chi connectivity index (χ2n) is 7.78. The van der Waals surface area contributed by atoms with Crippen LogP contribution in [0.25, 0.3) is 0 Å². The van der Waals surface area contributed by atoms with Crippen LogP contribution in [0.5, 0.6) is 0 Å². The molecule has 6 nitrogen and oxygen atoms in total. The van der Waals surface area contributed by atoms with Gasteiger partial charge >= 0.3 is 0 Å². The van der Waals surface area contributed by atoms with Crippen LogP contribution in [0.3, 0.4) is 0 Å². The number of carbonyl (C=O) groups is 3. The summed E-state index contributed by atoms with van der Waals surface area (Å²) >= 11 is 0. The fourth-order valence-electron chi connectivity index (χ4n) is 4.27. The van der Waals surface area contributed by atoms with Crippen molar-refractivity contribution in [2.75, 3.05) is 26.2 Å². The number of carbonyl (C=O) groups excluding carboxylic acids is 3. The molecule has 1 atom stereocenters. The summed E-state index contributed by atoms with van der Waals surface area (Å²) in [7, 11) is 0. The average Bonchev–Trinajstić information content (AvgIpc) is 2.89. The lowest BCUT2D eigenvalue weighted by Gasteiger charge is -2.36. The molecule has 2 aliphatic heterocycles. The first-order valence-corrected chi connectivity index (χ1v) is 10.5. The number of hydrogen-bond acceptors (Lipinski definition) is 3. The molecule has 2 aliphatic rings. The highest BCUT2D eigenvalue weighted by Gasteiger charge is 2.30. The van der Waals surface area contributed by atoms with Crippen molar-refractivity contribution in [1.29, 1.82) is 0 Å². The van der Waals surface area contributed by atoms with Gasteiger partial charge in [-0.05, 0) is 36.8 Å². The van der Waals surface area contributed by atoms with Crippen molar-refractivity contribution in [2.24, 2.45) is 0 Å². The molecule has 1 saturated heterocycles. The molecule has 1 unspecified atom stereocenters. The highest BCUT2D eigenvalue weighted by Crippen LogP contribution is 2.32. The van der Waals surface area contributed by atoms with Crippen LogP contribution in [0.1, 0.15) is 62.6 Å². The number of nitrogens with one attached hydrogen (secondary N) is 1. The number of likely N-dealkylation sites (tertiary alicyclic amines) is 1. The lowest BCUT2D eigenvalue weighted by Crippen LogP contribution is -2.41. The largest absolute Gasteiger partial charge is 0.356 e. The van der Waals surface area contributed by atoms with E-state index in [1.54, 1.807) is 11.8 Å². The first kappa shape index (κ1) is 20.4. The lowest BCUT2D eigenvalue weighted by molar-refractivity contribution is -0.133. The summed E-state index contributed by atoms with van der Waals surface area (Å²) in [4.78, 5) is 40.3. The smallest absolute Gasteiger partial charge is 0.222 e. The Bertz CT molecular complexity index is 719. The zero-order chi connectivity index (χ0) is 19.9. The number of benzene rings is 1. The molecule has 0 aliphatic carbocycles. The second kappa shape index (κ2) is 9.71. The molecule has 0 bridgehead atoms. The maximum atomic E-state index is 12.5. The van der Waals surface area contributed by atoms with Crippen LogP contribution in [0.4, 0.5) is 0 Å². The number of amides is 3. The van der Waals surface area contributed by atoms with E-state index in [4.69, 9.17) is 0 Å². The third-order valence-corrected chi connectivity index (χ3v) is 5.79. The minimum atomic E-state index is -0.199. The van der Waals surface area contributed by atoms with Gasteiger partial charge in [0.15, 0.2) is 0 Å². The monoisotopic (exact) mass is 385 g/mol. The lowest BCUT2D eigenvalue weighted by atomic mass is 9.90. The summed E-state index contributed by atoms with van der Waals surface area (Å²) in [6.07, 6.45) is 5.69. The van der Waals surface area contributed by atoms with Gasteiger partial charge in [-0.1, -0.05) is 30.7 Å². The fourth-order valence-corrected chi connectivity index (χ4v) is 4.27. The Morgan fingerprint density at radius 1 is 1.11 bits per heavy atom. The third kappa shape index (κ3) is 5.12. The molecule has 1 N–H and O–H groups in total. The molecular formula is C22H31N3O3. The van der Waals surface area contributed by atoms with Gasteiger partial charge in [0, 0.05) is 39.5 Å². The SMILES string of the molecule is CC(=O)N1CCc2ccccc2C1CC(=O)NCCCN1CCCCCC1=O. The van der Waals surface area contributed by atoms with Gasteiger partial charge in [-0.2, -0.15) is 0 Å². The fraction of sp³-hybridized carbons (Fsp3) is 0.591. The molecule has 0 saturated carbocycles. The second-order valence-corrected chi connectivity index (χ2v) is 7.78. The van der Waals surface area contributed by atoms with E-state index < -0.39 is 0 Å². The van der Waals surface area contributed by atoms with Crippen LogP contribution in [-0.2, 0) is 20.8 Å². The summed E-state index contributed by atoms with van der Waals surface area (Å²) in [6.45, 7) is 4.31. The average molecular weight is 386 g/mol. The Labute approximate surface area is 167 Å². The summed E-state index contributed by atoms with van der Waals surface area (Å²) in [6, 6.07) is 7.87. The first-order chi connectivity index (χ1) is 13.6. The Balaban J connectivity index is 1.50. The Morgan fingerprint density at radius 2 is 1.93 bits per heavy atom. The molecule has 1 aromatic carbocycles. The summed E-state index contributed by atoms with van der Waals surface area (Å²) in [5.41, 5.74) is 2.30. The molecule has 0 aromatic heterocycles. The Kier molecular flexibility index (Phi) is 7.06. The number of rotatable bonds is 6. The minimum Gasteiger partial charge on any atom is -0.356 e. The van der Waals surface area contributed by atoms with Crippen molar-refractivity contribution in [1.82, 2.24) is 15.1 Å². The van der Waals surface area contributed by atoms with E-state index in [0.29, 0.717) is 26.1 Å². The molecule has 28 heavy (non-hydrogen) atoms. The summed E-state index contributed by atoms with van der Waals surface area (Å²) in [5.74, 6) is 0.196. The maximum absolute atomic E-state index is 12.5. The zero-order valence-corrected chi connectivity index (χ0v) is 16.8. The number of hydrogen-bond donors (Lipinski definition) is 1. The molecular weight excluding hydrogens is 354 g/mol. The summed E-state index contributed by atoms with van der Waals surface area (Å²) < 4.78 is 0. The topological polar surface area (TPSA) is 69.7 Å². The van der Waals surface area contributed by atoms with Gasteiger partial charge in [0.05, 0.1) is 12.5 Å². The summed E-state index contributed by atoms with van der Waals surface area (Å²) in [5, 5.41) is 2.98. The molecule has 6 heteroatoms. The van der Waals surface area contributed by atoms with E-state index in [1.807, 2.05) is 23.1 Å². The van der Waals surface area contributed by atoms with Gasteiger partial charge in [0.25, 0.3) is 0 Å². The molecule has 1 aromatic rings. The van der Waals surface area contributed by atoms with Gasteiger partial charge in [0.1, 0.15) is 0 Å². The van der Waals surface area contributed by atoms with E-state index in [1.165, 1.54) is 5.56 Å². The van der Waals surface area contributed by atoms with Gasteiger partial charge in [0.2, 0.25) is 17.7 Å². The van der Waals surface area contributed by atoms with E-state index >= 15 is 0 Å². The minimum absolute atomic E-state index is 0.00646. The molecule has 0 radical (unpaired) electrons. The van der Waals surface area contributed by atoms with Gasteiger partial charge in [-0.25, -0.2) is 0 Å². The zero-order valence-electron chi connectivity index (χ0n) is 16.8. The standard InChI is InChI=1S/C22H31N3O3/c1-17(26)25-15-11-18-8-4-5-9-19(18)20(25)16-21(27)23-12-7-14-24-13-6-2-3-10-22(24)28/h4-5,8-9,20H,2-3,6-7,10-16H2,1H3,(H,23,27). The van der Waals surface area contributed by atoms with E-state index in [-0.39, 0.29) is 30.2 Å². The van der Waals surface area contributed by atoms with Crippen LogP contribution >= 0.6 is 0 Å². The normalized spacial score (nSPS) is 19.8. The maximum Gasteiger partial charge on any atom is 0.222 e. The van der Waals surface area contributed by atoms with Crippen LogP contribution in [0, 0.1) is 0 Å². The first-order valence-electron chi connectivity index (χ1n) is 10.5. The predicted octanol–water partition coefficient (Wildman–Crippen LogP) is 2.43. The quantitative estimate of drug-likeness (QED) is 0.765.